The summed E-state index contributed by atoms with van der Waals surface area (Å²) in [6.07, 6.45) is 0. The zero-order chi connectivity index (χ0) is 33.0. The van der Waals surface area contributed by atoms with Gasteiger partial charge in [0.25, 0.3) is 0 Å². The van der Waals surface area contributed by atoms with Crippen LogP contribution in [0, 0.1) is 0 Å². The quantitative estimate of drug-likeness (QED) is 0.175. The first-order chi connectivity index (χ1) is 24.0. The Bertz CT molecular complexity index is 2520. The summed E-state index contributed by atoms with van der Waals surface area (Å²) in [7, 11) is -2.72. The van der Waals surface area contributed by atoms with E-state index in [1.54, 1.807) is 0 Å². The molecule has 0 bridgehead atoms. The molecule has 2 heterocycles. The molecule has 1 aliphatic rings. The smallest absolute Gasteiger partial charge is 0.164 e. The van der Waals surface area contributed by atoms with Crippen LogP contribution in [0.3, 0.4) is 0 Å². The Morgan fingerprint density at radius 3 is 1.57 bits per heavy atom. The van der Waals surface area contributed by atoms with E-state index in [1.807, 2.05) is 85.5 Å². The van der Waals surface area contributed by atoms with Crippen LogP contribution in [0.25, 0.3) is 78.3 Å². The minimum absolute atomic E-state index is 0.620. The molecule has 0 spiro atoms. The molecule has 0 saturated heterocycles. The lowest BCUT2D eigenvalue weighted by atomic mass is 9.89. The first kappa shape index (κ1) is 29.2. The van der Waals surface area contributed by atoms with Crippen molar-refractivity contribution in [2.75, 3.05) is 6.66 Å². The molecular weight excluding hydrogens is 617 g/mol. The third-order valence-corrected chi connectivity index (χ3v) is 12.1. The number of aromatic nitrogens is 3. The zero-order valence-electron chi connectivity index (χ0n) is 26.8. The van der Waals surface area contributed by atoms with Crippen LogP contribution >= 0.6 is 7.14 Å². The second-order valence-electron chi connectivity index (χ2n) is 12.5. The molecule has 8 aromatic rings. The monoisotopic (exact) mass is 647 g/mol. The summed E-state index contributed by atoms with van der Waals surface area (Å²) >= 11 is 0. The first-order valence-corrected chi connectivity index (χ1v) is 18.5. The zero-order valence-corrected chi connectivity index (χ0v) is 27.7. The van der Waals surface area contributed by atoms with Gasteiger partial charge in [-0.3, -0.25) is 0 Å². The molecule has 0 fully saturated rings. The number of fused-ring (bicyclic) bond motifs is 4. The summed E-state index contributed by atoms with van der Waals surface area (Å²) in [5, 5.41) is 4.20. The van der Waals surface area contributed by atoms with Crippen LogP contribution in [0.1, 0.15) is 0 Å². The van der Waals surface area contributed by atoms with Gasteiger partial charge in [-0.25, -0.2) is 15.0 Å². The summed E-state index contributed by atoms with van der Waals surface area (Å²) in [5.41, 5.74) is 9.30. The lowest BCUT2D eigenvalue weighted by molar-refractivity contribution is 0.591. The fraction of sp³-hybridized carbons (Fsp3) is 0.0227. The van der Waals surface area contributed by atoms with Gasteiger partial charge >= 0.3 is 0 Å². The van der Waals surface area contributed by atoms with Gasteiger partial charge in [0.2, 0.25) is 0 Å². The summed E-state index contributed by atoms with van der Waals surface area (Å²) < 4.78 is 14.2. The first-order valence-electron chi connectivity index (χ1n) is 16.4. The van der Waals surface area contributed by atoms with E-state index in [4.69, 9.17) is 15.0 Å². The lowest BCUT2D eigenvalue weighted by Gasteiger charge is -2.16. The molecule has 4 nitrogen and oxygen atoms in total. The van der Waals surface area contributed by atoms with Gasteiger partial charge < -0.3 is 4.57 Å². The van der Waals surface area contributed by atoms with E-state index in [-0.39, 0.29) is 0 Å². The number of hydrogen-bond acceptors (Lipinski definition) is 4. The standard InChI is InChI=1S/C44H30N3OP/c1-49(48)39-19-11-10-18-37(39)38-27-25-34(28-40(38)49)36-26-24-29-12-8-9-17-35(29)41(36)30-20-22-33(23-21-30)44-46-42(31-13-4-2-5-14-31)45-43(47-44)32-15-6-3-7-16-32/h2-28H,1H3. The number of hydrogen-bond donors (Lipinski definition) is 0. The third-order valence-electron chi connectivity index (χ3n) is 9.48. The molecule has 0 amide bonds. The average molecular weight is 648 g/mol. The maximum absolute atomic E-state index is 14.2. The minimum atomic E-state index is -2.72. The van der Waals surface area contributed by atoms with Crippen molar-refractivity contribution in [3.8, 4) is 67.5 Å². The molecule has 232 valence electrons. The van der Waals surface area contributed by atoms with Crippen LogP contribution in [0.4, 0.5) is 0 Å². The van der Waals surface area contributed by atoms with Gasteiger partial charge in [0, 0.05) is 27.3 Å². The number of rotatable bonds is 5. The Kier molecular flexibility index (Phi) is 6.93. The van der Waals surface area contributed by atoms with E-state index in [2.05, 4.69) is 84.9 Å². The molecule has 5 heteroatoms. The molecule has 0 aliphatic carbocycles. The fourth-order valence-corrected chi connectivity index (χ4v) is 9.35. The SMILES string of the molecule is CP1(=O)c2ccccc2-c2ccc(-c3ccc4ccccc4c3-c3ccc(-c4nc(-c5ccccc5)nc(-c5ccccc5)n4)cc3)cc21. The maximum atomic E-state index is 14.2. The average Bonchev–Trinajstić information content (AvgIpc) is 3.40. The predicted octanol–water partition coefficient (Wildman–Crippen LogP) is 10.3. The highest BCUT2D eigenvalue weighted by atomic mass is 31.2. The molecule has 1 atom stereocenters. The largest absolute Gasteiger partial charge is 0.314 e. The van der Waals surface area contributed by atoms with Crippen molar-refractivity contribution in [2.24, 2.45) is 0 Å². The normalized spacial score (nSPS) is 14.8. The maximum Gasteiger partial charge on any atom is 0.164 e. The van der Waals surface area contributed by atoms with Crippen molar-refractivity contribution < 1.29 is 4.57 Å². The second-order valence-corrected chi connectivity index (χ2v) is 15.3. The Labute approximate surface area is 285 Å². The van der Waals surface area contributed by atoms with E-state index < -0.39 is 7.14 Å². The lowest BCUT2D eigenvalue weighted by Crippen LogP contribution is -2.08. The third kappa shape index (κ3) is 5.01. The van der Waals surface area contributed by atoms with Crippen molar-refractivity contribution >= 4 is 28.5 Å². The Morgan fingerprint density at radius 1 is 0.408 bits per heavy atom. The summed E-state index contributed by atoms with van der Waals surface area (Å²) in [6, 6.07) is 56.0. The predicted molar refractivity (Wildman–Crippen MR) is 203 cm³/mol. The molecule has 1 unspecified atom stereocenters. The second kappa shape index (κ2) is 11.6. The van der Waals surface area contributed by atoms with Crippen LogP contribution in [-0.2, 0) is 4.57 Å². The van der Waals surface area contributed by atoms with E-state index >= 15 is 0 Å². The molecule has 0 N–H and O–H groups in total. The Hall–Kier alpha value is -5.96. The molecule has 49 heavy (non-hydrogen) atoms. The van der Waals surface area contributed by atoms with Gasteiger partial charge in [0.1, 0.15) is 7.14 Å². The van der Waals surface area contributed by atoms with E-state index in [1.165, 1.54) is 0 Å². The van der Waals surface area contributed by atoms with Crippen LogP contribution in [-0.4, -0.2) is 21.6 Å². The molecule has 0 saturated carbocycles. The molecule has 0 radical (unpaired) electrons. The number of nitrogens with zero attached hydrogens (tertiary/aromatic N) is 3. The summed E-state index contributed by atoms with van der Waals surface area (Å²) in [4.78, 5) is 14.7. The summed E-state index contributed by atoms with van der Waals surface area (Å²) in [5.74, 6) is 1.89. The highest BCUT2D eigenvalue weighted by Crippen LogP contribution is 2.51. The van der Waals surface area contributed by atoms with Crippen molar-refractivity contribution in [3.05, 3.63) is 164 Å². The van der Waals surface area contributed by atoms with Gasteiger partial charge in [-0.2, -0.15) is 0 Å². The molecule has 7 aromatic carbocycles. The Balaban J connectivity index is 1.18. The highest BCUT2D eigenvalue weighted by molar-refractivity contribution is 7.79. The van der Waals surface area contributed by atoms with E-state index in [0.717, 1.165) is 71.5 Å². The van der Waals surface area contributed by atoms with Crippen LogP contribution in [0.5, 0.6) is 0 Å². The van der Waals surface area contributed by atoms with Crippen LogP contribution in [0.15, 0.2) is 164 Å². The minimum Gasteiger partial charge on any atom is -0.314 e. The van der Waals surface area contributed by atoms with E-state index in [0.29, 0.717) is 17.5 Å². The van der Waals surface area contributed by atoms with E-state index in [9.17, 15) is 4.57 Å². The molecule has 9 rings (SSSR count). The fourth-order valence-electron chi connectivity index (χ4n) is 7.03. The summed E-state index contributed by atoms with van der Waals surface area (Å²) in [6.45, 7) is 1.90. The topological polar surface area (TPSA) is 55.7 Å². The van der Waals surface area contributed by atoms with Gasteiger partial charge in [-0.05, 0) is 56.9 Å². The van der Waals surface area contributed by atoms with Crippen molar-refractivity contribution in [2.45, 2.75) is 0 Å². The van der Waals surface area contributed by atoms with Gasteiger partial charge in [-0.15, -0.1) is 0 Å². The van der Waals surface area contributed by atoms with Gasteiger partial charge in [0.05, 0.1) is 0 Å². The molecule has 1 aromatic heterocycles. The van der Waals surface area contributed by atoms with Crippen molar-refractivity contribution in [3.63, 3.8) is 0 Å². The molecule has 1 aliphatic heterocycles. The molecular formula is C44H30N3OP. The number of benzene rings is 7. The van der Waals surface area contributed by atoms with Gasteiger partial charge in [-0.1, -0.05) is 158 Å². The van der Waals surface area contributed by atoms with Crippen LogP contribution in [0.2, 0.25) is 0 Å². The highest BCUT2D eigenvalue weighted by Gasteiger charge is 2.34. The van der Waals surface area contributed by atoms with Gasteiger partial charge in [0.15, 0.2) is 17.5 Å². The van der Waals surface area contributed by atoms with Crippen LogP contribution < -0.4 is 10.6 Å². The van der Waals surface area contributed by atoms with Crippen molar-refractivity contribution in [1.29, 1.82) is 0 Å². The Morgan fingerprint density at radius 2 is 0.898 bits per heavy atom. The van der Waals surface area contributed by atoms with Crippen molar-refractivity contribution in [1.82, 2.24) is 15.0 Å².